The van der Waals surface area contributed by atoms with Crippen LogP contribution in [-0.2, 0) is 4.79 Å². The van der Waals surface area contributed by atoms with Crippen LogP contribution in [0.3, 0.4) is 0 Å². The first-order valence-corrected chi connectivity index (χ1v) is 13.4. The SMILES string of the molecule is CCOc1cc(C=Nn2c(-c3cc4c(OC)cccc4o3)nc3ccccc3c2=O)c(Br)c(Br)c1OC(C)=O. The summed E-state index contributed by atoms with van der Waals surface area (Å²) >= 11 is 6.98. The molecule has 9 nitrogen and oxygen atoms in total. The van der Waals surface area contributed by atoms with E-state index in [1.807, 2.05) is 31.2 Å². The largest absolute Gasteiger partial charge is 0.496 e. The van der Waals surface area contributed by atoms with Crippen molar-refractivity contribution in [1.82, 2.24) is 9.66 Å². The summed E-state index contributed by atoms with van der Waals surface area (Å²) in [5.74, 6) is 1.25. The Morgan fingerprint density at radius 3 is 2.62 bits per heavy atom. The fraction of sp³-hybridized carbons (Fsp3) is 0.143. The molecule has 0 aliphatic rings. The highest BCUT2D eigenvalue weighted by Gasteiger charge is 2.20. The standard InChI is InChI=1S/C28H21Br2N3O6/c1-4-37-22-12-16(24(29)25(30)26(22)38-15(2)34)14-31-33-27(32-19-9-6-5-8-17(19)28(33)35)23-13-18-20(36-3)10-7-11-21(18)39-23/h5-14H,4H2,1-3H3. The molecular weight excluding hydrogens is 634 g/mol. The molecule has 0 fully saturated rings. The van der Waals surface area contributed by atoms with E-state index in [0.29, 0.717) is 54.9 Å². The minimum absolute atomic E-state index is 0.213. The number of hydrogen-bond acceptors (Lipinski definition) is 8. The van der Waals surface area contributed by atoms with E-state index in [0.717, 1.165) is 5.39 Å². The van der Waals surface area contributed by atoms with E-state index in [9.17, 15) is 9.59 Å². The number of hydrogen-bond donors (Lipinski definition) is 0. The summed E-state index contributed by atoms with van der Waals surface area (Å²) in [6, 6.07) is 15.9. The second-order valence-corrected chi connectivity index (χ2v) is 9.83. The number of halogens is 2. The average molecular weight is 655 g/mol. The summed E-state index contributed by atoms with van der Waals surface area (Å²) in [7, 11) is 1.58. The summed E-state index contributed by atoms with van der Waals surface area (Å²) < 4.78 is 24.8. The van der Waals surface area contributed by atoms with Gasteiger partial charge in [0.25, 0.3) is 5.56 Å². The Bertz CT molecular complexity index is 1830. The zero-order valence-corrected chi connectivity index (χ0v) is 24.2. The minimum Gasteiger partial charge on any atom is -0.496 e. The van der Waals surface area contributed by atoms with Gasteiger partial charge in [0.15, 0.2) is 17.3 Å². The third-order valence-corrected chi connectivity index (χ3v) is 7.87. The van der Waals surface area contributed by atoms with Gasteiger partial charge >= 0.3 is 5.97 Å². The van der Waals surface area contributed by atoms with E-state index >= 15 is 0 Å². The number of furan rings is 1. The van der Waals surface area contributed by atoms with Gasteiger partial charge in [-0.1, -0.05) is 18.2 Å². The lowest BCUT2D eigenvalue weighted by atomic mass is 10.2. The molecule has 0 bridgehead atoms. The lowest BCUT2D eigenvalue weighted by Crippen LogP contribution is -2.20. The lowest BCUT2D eigenvalue weighted by Gasteiger charge is -2.14. The Labute approximate surface area is 239 Å². The third-order valence-electron chi connectivity index (χ3n) is 5.73. The van der Waals surface area contributed by atoms with Crippen molar-refractivity contribution in [2.75, 3.05) is 13.7 Å². The highest BCUT2D eigenvalue weighted by atomic mass is 79.9. The molecule has 0 unspecified atom stereocenters. The maximum Gasteiger partial charge on any atom is 0.308 e. The zero-order valence-electron chi connectivity index (χ0n) is 21.0. The number of nitrogens with zero attached hydrogens (tertiary/aromatic N) is 3. The quantitative estimate of drug-likeness (QED) is 0.111. The Kier molecular flexibility index (Phi) is 7.53. The molecule has 0 saturated carbocycles. The molecule has 0 radical (unpaired) electrons. The molecule has 0 aliphatic heterocycles. The van der Waals surface area contributed by atoms with Gasteiger partial charge < -0.3 is 18.6 Å². The van der Waals surface area contributed by atoms with Crippen LogP contribution in [0.1, 0.15) is 19.4 Å². The lowest BCUT2D eigenvalue weighted by molar-refractivity contribution is -0.132. The zero-order chi connectivity index (χ0) is 27.7. The average Bonchev–Trinajstić information content (AvgIpc) is 3.37. The number of aromatic nitrogens is 2. The van der Waals surface area contributed by atoms with Crippen LogP contribution in [0.4, 0.5) is 0 Å². The number of benzene rings is 3. The molecule has 198 valence electrons. The number of carbonyl (C=O) groups is 1. The summed E-state index contributed by atoms with van der Waals surface area (Å²) in [5, 5.41) is 5.65. The molecule has 0 amide bonds. The Morgan fingerprint density at radius 2 is 1.87 bits per heavy atom. The Hall–Kier alpha value is -3.96. The number of carbonyl (C=O) groups excluding carboxylic acids is 1. The van der Waals surface area contributed by atoms with Gasteiger partial charge in [-0.3, -0.25) is 9.59 Å². The van der Waals surface area contributed by atoms with Crippen molar-refractivity contribution < 1.29 is 23.4 Å². The topological polar surface area (TPSA) is 105 Å². The van der Waals surface area contributed by atoms with E-state index in [1.165, 1.54) is 17.8 Å². The number of para-hydroxylation sites is 1. The molecule has 11 heteroatoms. The van der Waals surface area contributed by atoms with E-state index in [2.05, 4.69) is 37.0 Å². The van der Waals surface area contributed by atoms with Crippen molar-refractivity contribution in [3.8, 4) is 28.8 Å². The monoisotopic (exact) mass is 653 g/mol. The van der Waals surface area contributed by atoms with Gasteiger partial charge in [-0.05, 0) is 75.2 Å². The van der Waals surface area contributed by atoms with E-state index in [-0.39, 0.29) is 17.1 Å². The summed E-state index contributed by atoms with van der Waals surface area (Å²) in [6.45, 7) is 3.46. The molecule has 0 atom stereocenters. The van der Waals surface area contributed by atoms with Crippen LogP contribution in [0.5, 0.6) is 17.2 Å². The number of rotatable bonds is 7. The first-order valence-electron chi connectivity index (χ1n) is 11.8. The fourth-order valence-corrected chi connectivity index (χ4v) is 4.93. The maximum atomic E-state index is 13.6. The van der Waals surface area contributed by atoms with Crippen LogP contribution in [0.25, 0.3) is 33.5 Å². The Balaban J connectivity index is 1.71. The molecule has 5 aromatic rings. The summed E-state index contributed by atoms with van der Waals surface area (Å²) in [4.78, 5) is 30.0. The van der Waals surface area contributed by atoms with Crippen LogP contribution in [-0.4, -0.2) is 35.6 Å². The summed E-state index contributed by atoms with van der Waals surface area (Å²) in [6.07, 6.45) is 1.49. The Morgan fingerprint density at radius 1 is 1.08 bits per heavy atom. The van der Waals surface area contributed by atoms with Crippen LogP contribution in [0.2, 0.25) is 0 Å². The molecule has 2 aromatic heterocycles. The molecule has 39 heavy (non-hydrogen) atoms. The van der Waals surface area contributed by atoms with Crippen molar-refractivity contribution in [3.05, 3.63) is 79.5 Å². The number of esters is 1. The van der Waals surface area contributed by atoms with Gasteiger partial charge in [-0.15, -0.1) is 0 Å². The number of ether oxygens (including phenoxy) is 3. The number of fused-ring (bicyclic) bond motifs is 2. The van der Waals surface area contributed by atoms with Crippen molar-refractivity contribution in [2.24, 2.45) is 5.10 Å². The van der Waals surface area contributed by atoms with Crippen molar-refractivity contribution >= 4 is 65.9 Å². The van der Waals surface area contributed by atoms with Crippen molar-refractivity contribution in [2.45, 2.75) is 13.8 Å². The first-order chi connectivity index (χ1) is 18.8. The normalized spacial score (nSPS) is 11.4. The van der Waals surface area contributed by atoms with Gasteiger partial charge in [-0.2, -0.15) is 9.78 Å². The third kappa shape index (κ3) is 5.07. The van der Waals surface area contributed by atoms with Crippen LogP contribution >= 0.6 is 31.9 Å². The van der Waals surface area contributed by atoms with Crippen molar-refractivity contribution in [1.29, 1.82) is 0 Å². The van der Waals surface area contributed by atoms with E-state index < -0.39 is 5.97 Å². The highest BCUT2D eigenvalue weighted by molar-refractivity contribution is 9.13. The molecule has 0 spiro atoms. The van der Waals surface area contributed by atoms with Crippen LogP contribution in [0, 0.1) is 0 Å². The summed E-state index contributed by atoms with van der Waals surface area (Å²) in [5.41, 5.74) is 1.26. The van der Waals surface area contributed by atoms with Crippen molar-refractivity contribution in [3.63, 3.8) is 0 Å². The highest BCUT2D eigenvalue weighted by Crippen LogP contribution is 2.42. The van der Waals surface area contributed by atoms with Gasteiger partial charge in [0.2, 0.25) is 5.82 Å². The van der Waals surface area contributed by atoms with Gasteiger partial charge in [-0.25, -0.2) is 4.98 Å². The fourth-order valence-electron chi connectivity index (χ4n) is 4.03. The van der Waals surface area contributed by atoms with Gasteiger partial charge in [0, 0.05) is 17.0 Å². The second-order valence-electron chi connectivity index (χ2n) is 8.24. The van der Waals surface area contributed by atoms with Crippen LogP contribution < -0.4 is 19.8 Å². The smallest absolute Gasteiger partial charge is 0.308 e. The predicted molar refractivity (Wildman–Crippen MR) is 155 cm³/mol. The molecule has 5 rings (SSSR count). The second kappa shape index (κ2) is 11.0. The molecule has 0 saturated heterocycles. The van der Waals surface area contributed by atoms with E-state index in [1.54, 1.807) is 37.4 Å². The van der Waals surface area contributed by atoms with Crippen LogP contribution in [0.15, 0.2) is 77.9 Å². The van der Waals surface area contributed by atoms with E-state index in [4.69, 9.17) is 23.6 Å². The molecular formula is C28H21Br2N3O6. The minimum atomic E-state index is -0.495. The number of methoxy groups -OCH3 is 1. The molecule has 2 heterocycles. The molecule has 0 aliphatic carbocycles. The molecule has 3 aromatic carbocycles. The van der Waals surface area contributed by atoms with Gasteiger partial charge in [0.05, 0.1) is 40.7 Å². The predicted octanol–water partition coefficient (Wildman–Crippen LogP) is 6.55. The maximum absolute atomic E-state index is 13.6. The molecule has 0 N–H and O–H groups in total. The first kappa shape index (κ1) is 26.6. The van der Waals surface area contributed by atoms with Gasteiger partial charge in [0.1, 0.15) is 11.3 Å².